The Hall–Kier alpha value is -4.21. The average molecular weight is 657 g/mol. The van der Waals surface area contributed by atoms with Crippen LogP contribution in [0.2, 0.25) is 0 Å². The third-order valence-electron chi connectivity index (χ3n) is 6.43. The van der Waals surface area contributed by atoms with Gasteiger partial charge in [0.25, 0.3) is 12.0 Å². The van der Waals surface area contributed by atoms with Crippen molar-refractivity contribution in [3.8, 4) is 5.75 Å². The summed E-state index contributed by atoms with van der Waals surface area (Å²) >= 11 is 0.970. The average Bonchev–Trinajstić information content (AvgIpc) is 3.39. The zero-order valence-electron chi connectivity index (χ0n) is 23.5. The molecule has 1 aromatic carbocycles. The summed E-state index contributed by atoms with van der Waals surface area (Å²) in [6.07, 6.45) is -2.20. The predicted octanol–water partition coefficient (Wildman–Crippen LogP) is -1.10. The second kappa shape index (κ2) is 14.1. The first-order valence-electron chi connectivity index (χ1n) is 12.8. The number of oxime groups is 1. The summed E-state index contributed by atoms with van der Waals surface area (Å²) in [5.41, 5.74) is 21.6. The minimum absolute atomic E-state index is 0.0421. The molecule has 0 radical (unpaired) electrons. The van der Waals surface area contributed by atoms with Gasteiger partial charge in [-0.15, -0.1) is 15.6 Å². The Labute approximate surface area is 255 Å². The molecule has 1 aliphatic heterocycles. The van der Waals surface area contributed by atoms with Gasteiger partial charge < -0.3 is 37.6 Å². The van der Waals surface area contributed by atoms with E-state index in [1.165, 1.54) is 31.4 Å². The van der Waals surface area contributed by atoms with Gasteiger partial charge in [-0.2, -0.15) is 13.5 Å². The van der Waals surface area contributed by atoms with Crippen LogP contribution in [0.3, 0.4) is 0 Å². The third-order valence-corrected chi connectivity index (χ3v) is 7.44. The summed E-state index contributed by atoms with van der Waals surface area (Å²) in [6, 6.07) is 5.91. The van der Waals surface area contributed by atoms with Crippen molar-refractivity contribution in [2.24, 2.45) is 33.3 Å². The van der Waals surface area contributed by atoms with Gasteiger partial charge in [-0.05, 0) is 38.1 Å². The van der Waals surface area contributed by atoms with Crippen LogP contribution in [0.1, 0.15) is 31.5 Å². The van der Waals surface area contributed by atoms with E-state index in [9.17, 15) is 27.9 Å². The number of carbonyl (C=O) groups excluding carboxylic acids is 2. The summed E-state index contributed by atoms with van der Waals surface area (Å²) in [4.78, 5) is 51.1. The molecule has 0 unspecified atom stereocenters. The predicted molar refractivity (Wildman–Crippen MR) is 157 cm³/mol. The van der Waals surface area contributed by atoms with Crippen molar-refractivity contribution in [1.29, 1.82) is 0 Å². The largest absolute Gasteiger partial charge is 0.489 e. The van der Waals surface area contributed by atoms with Crippen molar-refractivity contribution in [3.05, 3.63) is 40.9 Å². The molecule has 0 bridgehead atoms. The first-order chi connectivity index (χ1) is 20.6. The Kier molecular flexibility index (Phi) is 10.9. The van der Waals surface area contributed by atoms with Crippen LogP contribution in [-0.2, 0) is 33.9 Å². The summed E-state index contributed by atoms with van der Waals surface area (Å²) < 4.78 is 40.9. The molecule has 2 heterocycles. The minimum atomic E-state index is -4.99. The van der Waals surface area contributed by atoms with Crippen molar-refractivity contribution < 1.29 is 46.3 Å². The number of nitrogen functional groups attached to an aromatic ring is 1. The van der Waals surface area contributed by atoms with Gasteiger partial charge in [0.1, 0.15) is 23.9 Å². The van der Waals surface area contributed by atoms with Crippen LogP contribution >= 0.6 is 11.3 Å². The fraction of sp³-hybridized carbons (Fsp3) is 0.417. The van der Waals surface area contributed by atoms with E-state index in [4.69, 9.17) is 37.1 Å². The maximum Gasteiger partial charge on any atom is 0.418 e. The zero-order chi connectivity index (χ0) is 32.8. The van der Waals surface area contributed by atoms with E-state index >= 15 is 0 Å². The molecule has 1 saturated heterocycles. The SMILES string of the molecule is CC1(C)[C@H](CC(=O)/C(=N\O[C@H](COc2ccc(C(N)=NC(CN)CN)cc2)C(=O)O)c2csc(N)n2)C(=O)N1OS(=O)(=O)O. The maximum atomic E-state index is 13.3. The summed E-state index contributed by atoms with van der Waals surface area (Å²) in [5, 5.41) is 15.3. The number of amides is 1. The zero-order valence-corrected chi connectivity index (χ0v) is 25.2. The van der Waals surface area contributed by atoms with E-state index in [1.807, 2.05) is 0 Å². The van der Waals surface area contributed by atoms with E-state index in [1.54, 1.807) is 12.1 Å². The molecule has 1 aliphatic rings. The number of aliphatic imine (C=N–C) groups is 1. The number of aliphatic carboxylic acids is 1. The number of hydrogen-bond acceptors (Lipinski definition) is 15. The number of ether oxygens (including phenoxy) is 1. The standard InChI is InChI=1S/C24H32N8O10S2/c1-24(2)15(21(34)32(24)42-44(37,38)39)7-17(33)19(16-11-43-23(28)30-16)31-41-18(22(35)36)10-40-14-5-3-12(4-6-14)20(27)29-13(8-25)9-26/h3-6,11,13,15,18H,7-10,25-26H2,1-2H3,(H2,27,29)(H2,28,30)(H,35,36)(H,37,38,39)/b31-19-/t15-,18-/m1/s1. The van der Waals surface area contributed by atoms with Gasteiger partial charge in [-0.3, -0.25) is 19.1 Å². The lowest BCUT2D eigenvalue weighted by molar-refractivity contribution is -0.228. The molecule has 0 spiro atoms. The third kappa shape index (κ3) is 8.45. The highest BCUT2D eigenvalue weighted by molar-refractivity contribution is 7.80. The molecule has 18 nitrogen and oxygen atoms in total. The number of Topliss-reactive ketones (excluding diaryl/α,β-unsaturated/α-hetero) is 1. The van der Waals surface area contributed by atoms with Crippen LogP contribution in [0.25, 0.3) is 0 Å². The van der Waals surface area contributed by atoms with Crippen LogP contribution in [0.15, 0.2) is 39.8 Å². The van der Waals surface area contributed by atoms with Crippen molar-refractivity contribution in [1.82, 2.24) is 10.0 Å². The smallest absolute Gasteiger partial charge is 0.418 e. The summed E-state index contributed by atoms with van der Waals surface area (Å²) in [7, 11) is -4.99. The van der Waals surface area contributed by atoms with Crippen molar-refractivity contribution in [2.75, 3.05) is 25.4 Å². The molecular formula is C24H32N8O10S2. The van der Waals surface area contributed by atoms with Gasteiger partial charge in [-0.1, -0.05) is 5.16 Å². The Morgan fingerprint density at radius 2 is 1.84 bits per heavy atom. The van der Waals surface area contributed by atoms with Crippen LogP contribution in [0.4, 0.5) is 5.13 Å². The molecule has 0 saturated carbocycles. The molecule has 3 rings (SSSR count). The lowest BCUT2D eigenvalue weighted by Gasteiger charge is -2.50. The van der Waals surface area contributed by atoms with Gasteiger partial charge in [0.2, 0.25) is 0 Å². The molecule has 240 valence electrons. The van der Waals surface area contributed by atoms with E-state index in [2.05, 4.69) is 19.4 Å². The second-order valence-corrected chi connectivity index (χ2v) is 11.8. The van der Waals surface area contributed by atoms with E-state index in [-0.39, 0.29) is 41.5 Å². The van der Waals surface area contributed by atoms with Crippen molar-refractivity contribution in [2.45, 2.75) is 38.0 Å². The Balaban J connectivity index is 1.73. The molecule has 2 aromatic rings. The fourth-order valence-corrected chi connectivity index (χ4v) is 4.92. The summed E-state index contributed by atoms with van der Waals surface area (Å²) in [5.74, 6) is -3.76. The molecule has 10 N–H and O–H groups in total. The van der Waals surface area contributed by atoms with Gasteiger partial charge in [0.05, 0.1) is 17.5 Å². The Morgan fingerprint density at radius 1 is 1.20 bits per heavy atom. The number of ketones is 1. The number of anilines is 1. The van der Waals surface area contributed by atoms with Crippen LogP contribution in [0.5, 0.6) is 5.75 Å². The lowest BCUT2D eigenvalue weighted by Crippen LogP contribution is -2.68. The number of carbonyl (C=O) groups is 3. The van der Waals surface area contributed by atoms with E-state index in [0.717, 1.165) is 11.3 Å². The number of thiazole rings is 1. The van der Waals surface area contributed by atoms with Gasteiger partial charge in [0, 0.05) is 30.5 Å². The lowest BCUT2D eigenvalue weighted by atomic mass is 9.74. The first kappa shape index (κ1) is 34.3. The van der Waals surface area contributed by atoms with Crippen LogP contribution < -0.4 is 27.7 Å². The normalized spacial score (nSPS) is 17.7. The quantitative estimate of drug-likeness (QED) is 0.0411. The Bertz CT molecular complexity index is 1540. The fourth-order valence-electron chi connectivity index (χ4n) is 3.92. The van der Waals surface area contributed by atoms with Crippen molar-refractivity contribution in [3.63, 3.8) is 0 Å². The maximum absolute atomic E-state index is 13.3. The highest BCUT2D eigenvalue weighted by Gasteiger charge is 2.57. The number of amidine groups is 1. The number of hydroxylamine groups is 2. The summed E-state index contributed by atoms with van der Waals surface area (Å²) in [6.45, 7) is 2.74. The molecule has 1 fully saturated rings. The van der Waals surface area contributed by atoms with Gasteiger partial charge >= 0.3 is 16.4 Å². The number of hydrogen-bond donors (Lipinski definition) is 6. The molecule has 1 aromatic heterocycles. The molecular weight excluding hydrogens is 624 g/mol. The number of aromatic nitrogens is 1. The minimum Gasteiger partial charge on any atom is -0.489 e. The Morgan fingerprint density at radius 3 is 2.34 bits per heavy atom. The van der Waals surface area contributed by atoms with Crippen LogP contribution in [0, 0.1) is 5.92 Å². The van der Waals surface area contributed by atoms with Gasteiger partial charge in [0.15, 0.2) is 16.6 Å². The molecule has 1 amide bonds. The number of carboxylic acid groups (broad SMARTS) is 1. The van der Waals surface area contributed by atoms with Gasteiger partial charge in [-0.25, -0.2) is 9.78 Å². The highest BCUT2D eigenvalue weighted by atomic mass is 32.3. The highest BCUT2D eigenvalue weighted by Crippen LogP contribution is 2.40. The van der Waals surface area contributed by atoms with Crippen LogP contribution in [-0.4, -0.2) is 94.7 Å². The van der Waals surface area contributed by atoms with E-state index in [0.29, 0.717) is 10.6 Å². The number of nitrogens with two attached hydrogens (primary N) is 4. The topological polar surface area (TPSA) is 298 Å². The van der Waals surface area contributed by atoms with Crippen molar-refractivity contribution >= 4 is 56.1 Å². The number of rotatable bonds is 16. The van der Waals surface area contributed by atoms with E-state index < -0.39 is 64.4 Å². The first-order valence-corrected chi connectivity index (χ1v) is 15.0. The molecule has 2 atom stereocenters. The molecule has 0 aliphatic carbocycles. The number of β-lactam (4-membered cyclic amide) rings is 1. The number of nitrogens with zero attached hydrogens (tertiary/aromatic N) is 4. The monoisotopic (exact) mass is 656 g/mol. The molecule has 44 heavy (non-hydrogen) atoms. The molecule has 20 heteroatoms. The number of benzene rings is 1. The number of carboxylic acids is 1. The second-order valence-electron chi connectivity index (χ2n) is 9.89.